The second-order valence-corrected chi connectivity index (χ2v) is 24.1. The number of carbonyl (C=O) groups excluding carboxylic acids is 14. The molecule has 722 valence electrons. The monoisotopic (exact) mass is 1870 g/mol. The van der Waals surface area contributed by atoms with Crippen molar-refractivity contribution in [1.29, 1.82) is 0 Å². The van der Waals surface area contributed by atoms with E-state index in [9.17, 15) is 86.6 Å². The van der Waals surface area contributed by atoms with Gasteiger partial charge >= 0.3 is 89.5 Å². The molecule has 7 rings (SSSR count). The third kappa shape index (κ3) is 54.7. The number of carboxylic acid groups (broad SMARTS) is 3. The van der Waals surface area contributed by atoms with Gasteiger partial charge in [-0.25, -0.2) is 71.9 Å². The number of aromatic carboxylic acids is 3. The molecule has 0 bridgehead atoms. The van der Waals surface area contributed by atoms with Crippen LogP contribution in [0.2, 0.25) is 0 Å². The van der Waals surface area contributed by atoms with Gasteiger partial charge in [0.15, 0.2) is 19.2 Å². The Balaban J connectivity index is -0.000000732. The summed E-state index contributed by atoms with van der Waals surface area (Å²) in [5.41, 5.74) is 0.417. The fourth-order valence-electron chi connectivity index (χ4n) is 8.66. The molecular formula is C98H114O36. The highest BCUT2D eigenvalue weighted by Crippen LogP contribution is 2.18. The molecule has 1 atom stereocenters. The Bertz CT molecular complexity index is 4960. The molecule has 0 fully saturated rings. The van der Waals surface area contributed by atoms with Crippen LogP contribution in [-0.4, -0.2) is 225 Å². The second kappa shape index (κ2) is 75.6. The quantitative estimate of drug-likeness (QED) is 0.00592. The van der Waals surface area contributed by atoms with Crippen molar-refractivity contribution < 1.29 is 173 Å². The van der Waals surface area contributed by atoms with Crippen LogP contribution < -0.4 is 9.47 Å². The molecule has 0 amide bonds. The molecule has 0 aromatic heterocycles. The maximum atomic E-state index is 12.0. The molecule has 36 nitrogen and oxygen atoms in total. The van der Waals surface area contributed by atoms with Crippen LogP contribution in [0.4, 0.5) is 0 Å². The lowest BCUT2D eigenvalue weighted by molar-refractivity contribution is -0.140. The van der Waals surface area contributed by atoms with Crippen LogP contribution >= 0.6 is 0 Å². The number of ether oxygens (including phenoxy) is 14. The summed E-state index contributed by atoms with van der Waals surface area (Å²) in [6.45, 7) is 34.4. The van der Waals surface area contributed by atoms with Gasteiger partial charge < -0.3 is 91.8 Å². The van der Waals surface area contributed by atoms with Gasteiger partial charge in [0.25, 0.3) is 0 Å². The van der Waals surface area contributed by atoms with Crippen LogP contribution in [0.15, 0.2) is 270 Å². The third-order valence-corrected chi connectivity index (χ3v) is 14.5. The van der Waals surface area contributed by atoms with Gasteiger partial charge in [0.1, 0.15) is 90.8 Å². The van der Waals surface area contributed by atoms with Gasteiger partial charge in [0, 0.05) is 59.1 Å². The Morgan fingerprint density at radius 1 is 0.291 bits per heavy atom. The van der Waals surface area contributed by atoms with E-state index < -0.39 is 109 Å². The zero-order chi connectivity index (χ0) is 99.7. The van der Waals surface area contributed by atoms with E-state index in [0.29, 0.717) is 18.8 Å². The van der Waals surface area contributed by atoms with Crippen LogP contribution in [-0.2, 0) is 90.4 Å². The third-order valence-electron chi connectivity index (χ3n) is 14.5. The van der Waals surface area contributed by atoms with Crippen molar-refractivity contribution in [2.75, 3.05) is 92.7 Å². The molecule has 0 aliphatic rings. The number of esters is 12. The molecule has 0 saturated carbocycles. The molecule has 7 aromatic carbocycles. The molecule has 0 aliphatic heterocycles. The van der Waals surface area contributed by atoms with E-state index in [0.717, 1.165) is 41.9 Å². The Kier molecular flexibility index (Phi) is 69.9. The Morgan fingerprint density at radius 2 is 0.500 bits per heavy atom. The van der Waals surface area contributed by atoms with Crippen molar-refractivity contribution in [2.24, 2.45) is 0 Å². The molecule has 1 unspecified atom stereocenters. The first-order valence-corrected chi connectivity index (χ1v) is 39.5. The molecule has 0 radical (unpaired) electrons. The van der Waals surface area contributed by atoms with Crippen molar-refractivity contribution in [1.82, 2.24) is 0 Å². The Hall–Kier alpha value is -16.4. The second-order valence-electron chi connectivity index (χ2n) is 24.1. The Labute approximate surface area is 776 Å². The molecule has 0 spiro atoms. The Morgan fingerprint density at radius 3 is 0.769 bits per heavy atom. The number of hydrogen-bond donors (Lipinski definition) is 5. The van der Waals surface area contributed by atoms with Crippen LogP contribution in [0.25, 0.3) is 0 Å². The van der Waals surface area contributed by atoms with Gasteiger partial charge in [-0.3, -0.25) is 9.59 Å². The van der Waals surface area contributed by atoms with Gasteiger partial charge in [0.05, 0.1) is 50.6 Å². The molecule has 0 aliphatic carbocycles. The van der Waals surface area contributed by atoms with Crippen molar-refractivity contribution in [3.8, 4) is 11.5 Å². The minimum atomic E-state index is -1.22. The number of carbonyl (C=O) groups is 17. The minimum absolute atomic E-state index is 0. The van der Waals surface area contributed by atoms with E-state index in [2.05, 4.69) is 69.7 Å². The lowest BCUT2D eigenvalue weighted by Gasteiger charge is -2.10. The summed E-state index contributed by atoms with van der Waals surface area (Å²) in [5.74, 6) is -10.9. The summed E-state index contributed by atoms with van der Waals surface area (Å²) >= 11 is 0. The van der Waals surface area contributed by atoms with E-state index in [4.69, 9.17) is 63.1 Å². The number of ketones is 2. The lowest BCUT2D eigenvalue weighted by Crippen LogP contribution is -2.17. The van der Waals surface area contributed by atoms with Gasteiger partial charge in [-0.15, -0.1) is 0 Å². The number of Topliss-reactive ketones (excluding diaryl/α,β-unsaturated/α-hetero) is 2. The molecule has 134 heavy (non-hydrogen) atoms. The molecular weight excluding hydrogens is 1750 g/mol. The molecule has 7 aromatic rings. The normalized spacial score (nSPS) is 9.44. The van der Waals surface area contributed by atoms with E-state index >= 15 is 0 Å². The fourth-order valence-corrected chi connectivity index (χ4v) is 8.66. The average molecular weight is 1870 g/mol. The average Bonchev–Trinajstić information content (AvgIpc) is 0.870. The fraction of sp³-hybridized carbons (Fsp3) is 0.255. The summed E-state index contributed by atoms with van der Waals surface area (Å²) in [4.78, 5) is 191. The predicted molar refractivity (Wildman–Crippen MR) is 489 cm³/mol. The number of aliphatic hydroxyl groups is 2. The van der Waals surface area contributed by atoms with Crippen molar-refractivity contribution >= 4 is 101 Å². The largest absolute Gasteiger partial charge is 0.490 e. The zero-order valence-electron chi connectivity index (χ0n) is 73.7. The van der Waals surface area contributed by atoms with Crippen molar-refractivity contribution in [3.05, 3.63) is 325 Å². The van der Waals surface area contributed by atoms with E-state index in [1.165, 1.54) is 117 Å². The molecule has 0 heterocycles. The summed E-state index contributed by atoms with van der Waals surface area (Å²) < 4.78 is 67.3. The van der Waals surface area contributed by atoms with Gasteiger partial charge in [0.2, 0.25) is 5.78 Å². The van der Waals surface area contributed by atoms with Crippen LogP contribution in [0.3, 0.4) is 0 Å². The molecule has 5 N–H and O–H groups in total. The van der Waals surface area contributed by atoms with Crippen LogP contribution in [0, 0.1) is 0 Å². The number of aliphatic hydroxyl groups excluding tert-OH is 2. The summed E-state index contributed by atoms with van der Waals surface area (Å²) in [7, 11) is 0. The molecule has 0 saturated heterocycles. The first-order valence-electron chi connectivity index (χ1n) is 39.5. The van der Waals surface area contributed by atoms with Crippen LogP contribution in [0.1, 0.15) is 173 Å². The highest BCUT2D eigenvalue weighted by molar-refractivity contribution is 6.08. The molecule has 36 heteroatoms. The lowest BCUT2D eigenvalue weighted by atomic mass is 10.00. The number of benzene rings is 7. The van der Waals surface area contributed by atoms with E-state index in [1.54, 1.807) is 25.1 Å². The van der Waals surface area contributed by atoms with E-state index in [-0.39, 0.29) is 160 Å². The smallest absolute Gasteiger partial charge is 0.341 e. The summed E-state index contributed by atoms with van der Waals surface area (Å²) in [6.07, 6.45) is 4.16. The standard InChI is InChI=1S/C16H18O6.C14H14O7.C14H14O6.C13H12O6.C12H10O5.C12H14O3.C11H12O3.2C2H6.2CH4/c1-3-15(19)21-8-9-22-16(20)13-7-5-4-6-12(13)14(18)10-11(2)17;1-2-12(16)19-7-8-20-13(17)10-5-3-4-6-11(10)14(18)21-9-15;1-9(2)13(17)19-7-8-20-14(18)11-6-4-3-5-10(11)12(15)16;1-2-11(14)18-7-8-19-13(17)10-6-4-3-5-9(10)12(15)16;1-2-11(14)17-7-10(13)8-5-3-4-6-9(8)12(15)16;1-10(2)12(13)15-9-8-14-11-6-4-3-5-7-11;1-2-11(12)14-9-8-13-10-6-4-3-5-7-10;2*1-2;;/h3-7,11,17H,1,8-10H2,2H3;2-6,15H,1,7-9H2;3-6H,1,7-8H2,2H3,(H,15,16);2-6H,1,7-8H2,(H,15,16);2-6H,1,7H2,(H,15,16);3-7H,1,8-9H2,2H3;2-7H,1,8-9H2;2*1-2H3;2*1H4. The highest BCUT2D eigenvalue weighted by Gasteiger charge is 2.23. The number of para-hydroxylation sites is 2. The number of rotatable bonds is 42. The van der Waals surface area contributed by atoms with Crippen molar-refractivity contribution in [3.63, 3.8) is 0 Å². The SMILES string of the molecule is C.C.C=C(C)C(=O)OCCOC(=O)c1ccccc1C(=O)O.C=C(C)C(=O)OCCOc1ccccc1.C=CC(=O)OCC(=O)c1ccccc1C(=O)O.C=CC(=O)OCCOC(=O)c1ccccc1C(=O)CC(C)O.C=CC(=O)OCCOC(=O)c1ccccc1C(=O)O.C=CC(=O)OCCOC(=O)c1ccccc1C(=O)OCO.C=CC(=O)OCCOc1ccccc1.CC.CC. The van der Waals surface area contributed by atoms with Gasteiger partial charge in [-0.05, 0) is 93.6 Å². The highest BCUT2D eigenvalue weighted by atomic mass is 16.6. The summed E-state index contributed by atoms with van der Waals surface area (Å²) in [6, 6.07) is 47.9. The van der Waals surface area contributed by atoms with Crippen LogP contribution in [0.5, 0.6) is 11.5 Å². The number of carboxylic acids is 3. The van der Waals surface area contributed by atoms with Gasteiger partial charge in [-0.2, -0.15) is 0 Å². The van der Waals surface area contributed by atoms with E-state index in [1.807, 2.05) is 88.4 Å². The van der Waals surface area contributed by atoms with Gasteiger partial charge in [-0.1, -0.05) is 198 Å². The first kappa shape index (κ1) is 124. The maximum Gasteiger partial charge on any atom is 0.341 e. The number of hydrogen-bond acceptors (Lipinski definition) is 33. The maximum absolute atomic E-state index is 12.0. The first-order chi connectivity index (χ1) is 63.1. The predicted octanol–water partition coefficient (Wildman–Crippen LogP) is 13.7. The zero-order valence-corrected chi connectivity index (χ0v) is 73.7. The minimum Gasteiger partial charge on any atom is -0.490 e. The topological polar surface area (TPSA) is 521 Å². The summed E-state index contributed by atoms with van der Waals surface area (Å²) in [5, 5.41) is 44.5. The van der Waals surface area contributed by atoms with Crippen molar-refractivity contribution in [2.45, 2.75) is 75.8 Å².